The molecule has 1 fully saturated rings. The first-order valence-corrected chi connectivity index (χ1v) is 11.3. The lowest BCUT2D eigenvalue weighted by Crippen LogP contribution is -2.27. The number of carbonyl (C=O) groups is 1. The zero-order valence-corrected chi connectivity index (χ0v) is 19.3. The summed E-state index contributed by atoms with van der Waals surface area (Å²) in [5.74, 6) is 2.65. The van der Waals surface area contributed by atoms with Crippen LogP contribution in [0.4, 0.5) is 5.69 Å². The van der Waals surface area contributed by atoms with E-state index < -0.39 is 5.41 Å². The van der Waals surface area contributed by atoms with Crippen LogP contribution in [0.15, 0.2) is 54.6 Å². The van der Waals surface area contributed by atoms with Crippen molar-refractivity contribution >= 4 is 11.6 Å². The first-order chi connectivity index (χ1) is 17.1. The van der Waals surface area contributed by atoms with Crippen LogP contribution in [0.1, 0.15) is 24.0 Å². The van der Waals surface area contributed by atoms with Gasteiger partial charge in [-0.25, -0.2) is 5.10 Å². The molecule has 1 amide bonds. The van der Waals surface area contributed by atoms with E-state index in [1.807, 2.05) is 61.5 Å². The molecular weight excluding hydrogens is 446 g/mol. The molecule has 176 valence electrons. The van der Waals surface area contributed by atoms with Crippen LogP contribution in [-0.4, -0.2) is 40.4 Å². The monoisotopic (exact) mass is 469 g/mol. The van der Waals surface area contributed by atoms with Crippen LogP contribution in [0.25, 0.3) is 22.5 Å². The van der Waals surface area contributed by atoms with Crippen LogP contribution in [0.3, 0.4) is 0 Å². The van der Waals surface area contributed by atoms with Gasteiger partial charge in [0.25, 0.3) is 0 Å². The zero-order chi connectivity index (χ0) is 24.0. The van der Waals surface area contributed by atoms with E-state index in [1.54, 1.807) is 7.11 Å². The topological polar surface area (TPSA) is 111 Å². The predicted octanol–water partition coefficient (Wildman–Crippen LogP) is 4.25. The van der Waals surface area contributed by atoms with Crippen molar-refractivity contribution in [1.29, 1.82) is 0 Å². The summed E-state index contributed by atoms with van der Waals surface area (Å²) >= 11 is 0. The highest BCUT2D eigenvalue weighted by molar-refractivity contribution is 6.02. The number of aromatic nitrogens is 4. The van der Waals surface area contributed by atoms with Gasteiger partial charge in [-0.2, -0.15) is 0 Å². The molecule has 2 aliphatic rings. The summed E-state index contributed by atoms with van der Waals surface area (Å²) in [6.07, 6.45) is 1.58. The largest absolute Gasteiger partial charge is 0.496 e. The highest BCUT2D eigenvalue weighted by atomic mass is 16.7. The third kappa shape index (κ3) is 3.65. The Bertz CT molecular complexity index is 1430. The fourth-order valence-electron chi connectivity index (χ4n) is 4.55. The smallest absolute Gasteiger partial charge is 0.235 e. The number of carbonyl (C=O) groups excluding carboxylic acids is 1. The lowest BCUT2D eigenvalue weighted by Gasteiger charge is -2.18. The second kappa shape index (κ2) is 8.12. The summed E-state index contributed by atoms with van der Waals surface area (Å²) < 4.78 is 16.6. The van der Waals surface area contributed by atoms with Crippen molar-refractivity contribution < 1.29 is 19.0 Å². The molecule has 0 radical (unpaired) electrons. The van der Waals surface area contributed by atoms with Gasteiger partial charge in [-0.05, 0) is 89.3 Å². The van der Waals surface area contributed by atoms with Gasteiger partial charge in [0.15, 0.2) is 17.3 Å². The van der Waals surface area contributed by atoms with Crippen LogP contribution < -0.4 is 19.5 Å². The first-order valence-electron chi connectivity index (χ1n) is 11.3. The second-order valence-corrected chi connectivity index (χ2v) is 8.80. The van der Waals surface area contributed by atoms with Gasteiger partial charge in [0, 0.05) is 16.8 Å². The normalized spacial score (nSPS) is 15.0. The van der Waals surface area contributed by atoms with Gasteiger partial charge in [-0.15, -0.1) is 5.10 Å². The standard InChI is InChI=1S/C26H23N5O4/c1-15-3-6-18(13-19(15)20-11-16(4-7-21(20)33-2)24-28-30-31-29-24)27-25(32)26(9-10-26)17-5-8-22-23(12-17)35-14-34-22/h3-8,11-13H,9-10,14H2,1-2H3,(H,27,32)(H,28,29,30,31). The highest BCUT2D eigenvalue weighted by Crippen LogP contribution is 2.51. The average Bonchev–Trinajstić information content (AvgIpc) is 3.27. The molecule has 6 rings (SSSR count). The molecule has 35 heavy (non-hydrogen) atoms. The molecule has 2 heterocycles. The number of aryl methyl sites for hydroxylation is 1. The van der Waals surface area contributed by atoms with Gasteiger partial charge in [0.1, 0.15) is 5.75 Å². The number of nitrogens with one attached hydrogen (secondary N) is 2. The highest BCUT2D eigenvalue weighted by Gasteiger charge is 2.51. The maximum absolute atomic E-state index is 13.4. The molecule has 4 aromatic rings. The first kappa shape index (κ1) is 21.2. The van der Waals surface area contributed by atoms with E-state index in [1.165, 1.54) is 0 Å². The van der Waals surface area contributed by atoms with Crippen molar-refractivity contribution in [2.45, 2.75) is 25.2 Å². The Kier molecular flexibility index (Phi) is 4.91. The molecule has 1 aromatic heterocycles. The SMILES string of the molecule is COc1ccc(-c2nnn[nH]2)cc1-c1cc(NC(=O)C2(c3ccc4c(c3)OCO4)CC2)ccc1C. The molecule has 0 atom stereocenters. The second-order valence-electron chi connectivity index (χ2n) is 8.80. The summed E-state index contributed by atoms with van der Waals surface area (Å²) in [6.45, 7) is 2.24. The van der Waals surface area contributed by atoms with Crippen molar-refractivity contribution in [2.75, 3.05) is 19.2 Å². The molecule has 1 aliphatic heterocycles. The van der Waals surface area contributed by atoms with Gasteiger partial charge in [0.05, 0.1) is 12.5 Å². The Hall–Kier alpha value is -4.40. The lowest BCUT2D eigenvalue weighted by molar-refractivity contribution is -0.118. The maximum Gasteiger partial charge on any atom is 0.235 e. The van der Waals surface area contributed by atoms with E-state index in [-0.39, 0.29) is 12.7 Å². The van der Waals surface area contributed by atoms with Crippen molar-refractivity contribution in [3.8, 4) is 39.8 Å². The summed E-state index contributed by atoms with van der Waals surface area (Å²) in [4.78, 5) is 13.4. The van der Waals surface area contributed by atoms with Gasteiger partial charge >= 0.3 is 0 Å². The zero-order valence-electron chi connectivity index (χ0n) is 19.3. The van der Waals surface area contributed by atoms with E-state index in [9.17, 15) is 4.79 Å². The summed E-state index contributed by atoms with van der Waals surface area (Å²) in [5.41, 5.74) is 4.82. The number of H-pyrrole nitrogens is 1. The molecule has 0 spiro atoms. The van der Waals surface area contributed by atoms with Gasteiger partial charge < -0.3 is 19.5 Å². The number of hydrogen-bond donors (Lipinski definition) is 2. The van der Waals surface area contributed by atoms with Crippen molar-refractivity contribution in [3.05, 3.63) is 65.7 Å². The molecule has 9 heteroatoms. The van der Waals surface area contributed by atoms with Gasteiger partial charge in [-0.3, -0.25) is 4.79 Å². The Morgan fingerprint density at radius 1 is 1.03 bits per heavy atom. The molecule has 0 saturated heterocycles. The minimum Gasteiger partial charge on any atom is -0.496 e. The number of anilines is 1. The molecular formula is C26H23N5O4. The van der Waals surface area contributed by atoms with Crippen LogP contribution in [0.5, 0.6) is 17.2 Å². The van der Waals surface area contributed by atoms with Crippen molar-refractivity contribution in [1.82, 2.24) is 20.6 Å². The fraction of sp³-hybridized carbons (Fsp3) is 0.231. The van der Waals surface area contributed by atoms with Crippen LogP contribution >= 0.6 is 0 Å². The molecule has 3 aromatic carbocycles. The summed E-state index contributed by atoms with van der Waals surface area (Å²) in [6, 6.07) is 17.4. The maximum atomic E-state index is 13.4. The number of methoxy groups -OCH3 is 1. The van der Waals surface area contributed by atoms with Crippen molar-refractivity contribution in [2.24, 2.45) is 0 Å². The summed E-state index contributed by atoms with van der Waals surface area (Å²) in [5, 5.41) is 17.3. The fourth-order valence-corrected chi connectivity index (χ4v) is 4.55. The quantitative estimate of drug-likeness (QED) is 0.434. The number of benzene rings is 3. The van der Waals surface area contributed by atoms with Gasteiger partial charge in [0.2, 0.25) is 12.7 Å². The molecule has 0 unspecified atom stereocenters. The molecule has 2 N–H and O–H groups in total. The van der Waals surface area contributed by atoms with Crippen molar-refractivity contribution in [3.63, 3.8) is 0 Å². The van der Waals surface area contributed by atoms with E-state index in [0.29, 0.717) is 23.1 Å². The third-order valence-corrected chi connectivity index (χ3v) is 6.71. The predicted molar refractivity (Wildman–Crippen MR) is 128 cm³/mol. The third-order valence-electron chi connectivity index (χ3n) is 6.71. The van der Waals surface area contributed by atoms with E-state index >= 15 is 0 Å². The molecule has 1 saturated carbocycles. The minimum atomic E-state index is -0.553. The number of fused-ring (bicyclic) bond motifs is 1. The Morgan fingerprint density at radius 2 is 1.89 bits per heavy atom. The number of hydrogen-bond acceptors (Lipinski definition) is 7. The molecule has 1 aliphatic carbocycles. The Balaban J connectivity index is 1.31. The minimum absolute atomic E-state index is 0.0281. The number of tetrazole rings is 1. The van der Waals surface area contributed by atoms with E-state index in [2.05, 4.69) is 25.9 Å². The average molecular weight is 470 g/mol. The Morgan fingerprint density at radius 3 is 2.66 bits per heavy atom. The number of amides is 1. The van der Waals surface area contributed by atoms with Crippen LogP contribution in [-0.2, 0) is 10.2 Å². The molecule has 9 nitrogen and oxygen atoms in total. The number of nitrogens with zero attached hydrogens (tertiary/aromatic N) is 3. The van der Waals surface area contributed by atoms with Gasteiger partial charge in [-0.1, -0.05) is 12.1 Å². The Labute approximate surface area is 201 Å². The van der Waals surface area contributed by atoms with E-state index in [4.69, 9.17) is 14.2 Å². The summed E-state index contributed by atoms with van der Waals surface area (Å²) in [7, 11) is 1.64. The van der Waals surface area contributed by atoms with E-state index in [0.717, 1.165) is 46.3 Å². The number of ether oxygens (including phenoxy) is 3. The number of aromatic amines is 1. The lowest BCUT2D eigenvalue weighted by atomic mass is 9.93. The van der Waals surface area contributed by atoms with Crippen LogP contribution in [0, 0.1) is 6.92 Å². The number of rotatable bonds is 6. The molecule has 0 bridgehead atoms. The van der Waals surface area contributed by atoms with Crippen LogP contribution in [0.2, 0.25) is 0 Å².